The summed E-state index contributed by atoms with van der Waals surface area (Å²) >= 11 is 5.93. The van der Waals surface area contributed by atoms with Gasteiger partial charge in [0.25, 0.3) is 0 Å². The molecule has 2 atom stereocenters. The minimum atomic E-state index is -0.740. The van der Waals surface area contributed by atoms with Gasteiger partial charge in [0, 0.05) is 5.02 Å². The summed E-state index contributed by atoms with van der Waals surface area (Å²) in [6.45, 7) is 1.57. The van der Waals surface area contributed by atoms with Gasteiger partial charge in [0.15, 0.2) is 0 Å². The van der Waals surface area contributed by atoms with Crippen LogP contribution in [0.5, 0.6) is 0 Å². The summed E-state index contributed by atoms with van der Waals surface area (Å²) in [5, 5.41) is 5.91. The highest BCUT2D eigenvalue weighted by Crippen LogP contribution is 2.23. The highest BCUT2D eigenvalue weighted by Gasteiger charge is 2.21. The molecule has 0 spiro atoms. The number of urea groups is 1. The van der Waals surface area contributed by atoms with Gasteiger partial charge in [-0.3, -0.25) is 4.79 Å². The SMILES string of the molecule is CC(NC(N)=O)C(=O)NC(c1ccccc1)c1ccc(Cl)cc1. The van der Waals surface area contributed by atoms with E-state index in [-0.39, 0.29) is 11.9 Å². The van der Waals surface area contributed by atoms with Crippen LogP contribution in [0.25, 0.3) is 0 Å². The van der Waals surface area contributed by atoms with Crippen LogP contribution in [0.3, 0.4) is 0 Å². The lowest BCUT2D eigenvalue weighted by molar-refractivity contribution is -0.123. The highest BCUT2D eigenvalue weighted by atomic mass is 35.5. The van der Waals surface area contributed by atoms with Crippen molar-refractivity contribution in [3.8, 4) is 0 Å². The molecule has 0 saturated carbocycles. The molecule has 0 aliphatic carbocycles. The van der Waals surface area contributed by atoms with Crippen molar-refractivity contribution in [2.75, 3.05) is 0 Å². The Morgan fingerprint density at radius 2 is 1.52 bits per heavy atom. The molecule has 0 radical (unpaired) electrons. The Balaban J connectivity index is 2.26. The van der Waals surface area contributed by atoms with Crippen LogP contribution >= 0.6 is 11.6 Å². The Bertz CT molecular complexity index is 674. The zero-order valence-electron chi connectivity index (χ0n) is 12.6. The topological polar surface area (TPSA) is 84.2 Å². The summed E-state index contributed by atoms with van der Waals surface area (Å²) in [7, 11) is 0. The van der Waals surface area contributed by atoms with Gasteiger partial charge in [0.2, 0.25) is 5.91 Å². The first-order chi connectivity index (χ1) is 11.0. The van der Waals surface area contributed by atoms with Crippen LogP contribution in [0.2, 0.25) is 5.02 Å². The molecule has 23 heavy (non-hydrogen) atoms. The molecule has 4 N–H and O–H groups in total. The van der Waals surface area contributed by atoms with E-state index in [1.165, 1.54) is 0 Å². The van der Waals surface area contributed by atoms with Gasteiger partial charge < -0.3 is 16.4 Å². The molecule has 0 aliphatic heterocycles. The molecule has 3 amide bonds. The minimum absolute atomic E-state index is 0.326. The van der Waals surface area contributed by atoms with E-state index in [1.54, 1.807) is 19.1 Å². The third kappa shape index (κ3) is 4.72. The first-order valence-electron chi connectivity index (χ1n) is 7.14. The number of hydrogen-bond donors (Lipinski definition) is 3. The van der Waals surface area contributed by atoms with E-state index in [0.717, 1.165) is 11.1 Å². The van der Waals surface area contributed by atoms with Crippen molar-refractivity contribution in [1.82, 2.24) is 10.6 Å². The van der Waals surface area contributed by atoms with E-state index in [9.17, 15) is 9.59 Å². The molecular weight excluding hydrogens is 314 g/mol. The van der Waals surface area contributed by atoms with Crippen LogP contribution in [-0.2, 0) is 4.79 Å². The summed E-state index contributed by atoms with van der Waals surface area (Å²) in [6.07, 6.45) is 0. The number of primary amides is 1. The Kier molecular flexibility index (Phi) is 5.60. The molecule has 2 aromatic rings. The first kappa shape index (κ1) is 16.8. The standard InChI is InChI=1S/C17H18ClN3O2/c1-11(20-17(19)23)16(22)21-15(12-5-3-2-4-6-12)13-7-9-14(18)10-8-13/h2-11,15H,1H3,(H,21,22)(H3,19,20,23). The molecule has 0 heterocycles. The van der Waals surface area contributed by atoms with Crippen molar-refractivity contribution in [2.45, 2.75) is 19.0 Å². The molecule has 5 nitrogen and oxygen atoms in total. The molecule has 6 heteroatoms. The fourth-order valence-electron chi connectivity index (χ4n) is 2.21. The van der Waals surface area contributed by atoms with Gasteiger partial charge in [-0.15, -0.1) is 0 Å². The maximum Gasteiger partial charge on any atom is 0.312 e. The van der Waals surface area contributed by atoms with E-state index >= 15 is 0 Å². The first-order valence-corrected chi connectivity index (χ1v) is 7.52. The maximum absolute atomic E-state index is 12.3. The molecule has 0 aromatic heterocycles. The second kappa shape index (κ2) is 7.65. The number of carbonyl (C=O) groups is 2. The molecule has 2 aromatic carbocycles. The van der Waals surface area contributed by atoms with Crippen molar-refractivity contribution in [3.63, 3.8) is 0 Å². The van der Waals surface area contributed by atoms with Crippen LogP contribution in [-0.4, -0.2) is 18.0 Å². The van der Waals surface area contributed by atoms with Crippen molar-refractivity contribution in [2.24, 2.45) is 5.73 Å². The van der Waals surface area contributed by atoms with Crippen LogP contribution in [0.4, 0.5) is 4.79 Å². The second-order valence-corrected chi connectivity index (χ2v) is 5.57. The Morgan fingerprint density at radius 3 is 2.09 bits per heavy atom. The summed E-state index contributed by atoms with van der Waals surface area (Å²) < 4.78 is 0. The predicted octanol–water partition coefficient (Wildman–Crippen LogP) is 2.60. The highest BCUT2D eigenvalue weighted by molar-refractivity contribution is 6.30. The normalized spacial score (nSPS) is 13.0. The number of benzene rings is 2. The Morgan fingerprint density at radius 1 is 0.957 bits per heavy atom. The summed E-state index contributed by atoms with van der Waals surface area (Å²) in [5.41, 5.74) is 6.87. The van der Waals surface area contributed by atoms with E-state index in [1.807, 2.05) is 42.5 Å². The summed E-state index contributed by atoms with van der Waals surface area (Å²) in [5.74, 6) is -0.326. The molecular formula is C17H18ClN3O2. The van der Waals surface area contributed by atoms with Crippen molar-refractivity contribution in [1.29, 1.82) is 0 Å². The number of halogens is 1. The quantitative estimate of drug-likeness (QED) is 0.786. The number of amides is 3. The van der Waals surface area contributed by atoms with Gasteiger partial charge in [0.1, 0.15) is 6.04 Å². The van der Waals surface area contributed by atoms with Crippen molar-refractivity contribution >= 4 is 23.5 Å². The molecule has 2 rings (SSSR count). The molecule has 0 fully saturated rings. The van der Waals surface area contributed by atoms with Gasteiger partial charge >= 0.3 is 6.03 Å². The summed E-state index contributed by atoms with van der Waals surface area (Å²) in [6, 6.07) is 15.0. The number of nitrogens with one attached hydrogen (secondary N) is 2. The molecule has 0 saturated heterocycles. The zero-order valence-corrected chi connectivity index (χ0v) is 13.4. The van der Waals surface area contributed by atoms with E-state index < -0.39 is 12.1 Å². The van der Waals surface area contributed by atoms with Gasteiger partial charge in [-0.1, -0.05) is 54.1 Å². The van der Waals surface area contributed by atoms with Gasteiger partial charge in [0.05, 0.1) is 6.04 Å². The van der Waals surface area contributed by atoms with Gasteiger partial charge in [-0.2, -0.15) is 0 Å². The maximum atomic E-state index is 12.3. The molecule has 2 unspecified atom stereocenters. The fraction of sp³-hybridized carbons (Fsp3) is 0.176. The average Bonchev–Trinajstić information content (AvgIpc) is 2.53. The third-order valence-corrected chi connectivity index (χ3v) is 3.63. The smallest absolute Gasteiger partial charge is 0.312 e. The lowest BCUT2D eigenvalue weighted by atomic mass is 9.98. The van der Waals surface area contributed by atoms with Crippen LogP contribution in [0, 0.1) is 0 Å². The number of rotatable bonds is 5. The lowest BCUT2D eigenvalue weighted by Crippen LogP contribution is -2.47. The van der Waals surface area contributed by atoms with Gasteiger partial charge in [-0.25, -0.2) is 4.79 Å². The van der Waals surface area contributed by atoms with E-state index in [2.05, 4.69) is 10.6 Å². The number of hydrogen-bond acceptors (Lipinski definition) is 2. The lowest BCUT2D eigenvalue weighted by Gasteiger charge is -2.22. The molecule has 120 valence electrons. The predicted molar refractivity (Wildman–Crippen MR) is 90.1 cm³/mol. The minimum Gasteiger partial charge on any atom is -0.352 e. The second-order valence-electron chi connectivity index (χ2n) is 5.13. The molecule has 0 bridgehead atoms. The monoisotopic (exact) mass is 331 g/mol. The Hall–Kier alpha value is -2.53. The number of carbonyl (C=O) groups excluding carboxylic acids is 2. The van der Waals surface area contributed by atoms with Crippen molar-refractivity contribution in [3.05, 3.63) is 70.7 Å². The van der Waals surface area contributed by atoms with Crippen LogP contribution in [0.1, 0.15) is 24.1 Å². The summed E-state index contributed by atoms with van der Waals surface area (Å²) in [4.78, 5) is 23.2. The van der Waals surface area contributed by atoms with Crippen LogP contribution < -0.4 is 16.4 Å². The van der Waals surface area contributed by atoms with Crippen LogP contribution in [0.15, 0.2) is 54.6 Å². The number of nitrogens with two attached hydrogens (primary N) is 1. The molecule has 0 aliphatic rings. The van der Waals surface area contributed by atoms with E-state index in [4.69, 9.17) is 17.3 Å². The third-order valence-electron chi connectivity index (χ3n) is 3.37. The van der Waals surface area contributed by atoms with E-state index in [0.29, 0.717) is 5.02 Å². The Labute approximate surface area is 139 Å². The van der Waals surface area contributed by atoms with Gasteiger partial charge in [-0.05, 0) is 30.2 Å². The fourth-order valence-corrected chi connectivity index (χ4v) is 2.33. The average molecular weight is 332 g/mol. The zero-order chi connectivity index (χ0) is 16.8. The largest absolute Gasteiger partial charge is 0.352 e. The van der Waals surface area contributed by atoms with Crippen molar-refractivity contribution < 1.29 is 9.59 Å².